The summed E-state index contributed by atoms with van der Waals surface area (Å²) in [7, 11) is 0. The molecule has 146 valence electrons. The van der Waals surface area contributed by atoms with Crippen LogP contribution in [0.5, 0.6) is 11.5 Å². The highest BCUT2D eigenvalue weighted by Gasteiger charge is 2.19. The third-order valence-corrected chi connectivity index (χ3v) is 3.58. The Kier molecular flexibility index (Phi) is 6.39. The van der Waals surface area contributed by atoms with Crippen LogP contribution >= 0.6 is 11.3 Å². The summed E-state index contributed by atoms with van der Waals surface area (Å²) in [5.41, 5.74) is 10.2. The van der Waals surface area contributed by atoms with E-state index in [0.29, 0.717) is 0 Å². The number of carbonyl (C=O) groups excluding carboxylic acids is 4. The Labute approximate surface area is 161 Å². The van der Waals surface area contributed by atoms with E-state index in [0.717, 1.165) is 31.3 Å². The summed E-state index contributed by atoms with van der Waals surface area (Å²) in [5, 5.41) is 5.02. The molecule has 0 fully saturated rings. The Hall–Kier alpha value is -3.80. The van der Waals surface area contributed by atoms with E-state index >= 15 is 0 Å². The molecule has 0 bridgehead atoms. The second-order valence-electron chi connectivity index (χ2n) is 5.10. The maximum atomic E-state index is 12.2. The normalized spacial score (nSPS) is 10.9. The van der Waals surface area contributed by atoms with Crippen LogP contribution in [0.3, 0.4) is 0 Å². The van der Waals surface area contributed by atoms with Gasteiger partial charge in [0.2, 0.25) is 0 Å². The number of amides is 1. The van der Waals surface area contributed by atoms with Gasteiger partial charge in [-0.1, -0.05) is 5.16 Å². The lowest BCUT2D eigenvalue weighted by molar-refractivity contribution is -0.134. The molecule has 1 aromatic carbocycles. The molecule has 0 radical (unpaired) electrons. The van der Waals surface area contributed by atoms with Crippen LogP contribution in [-0.4, -0.2) is 34.5 Å². The number of primary amides is 1. The van der Waals surface area contributed by atoms with E-state index in [1.807, 2.05) is 0 Å². The molecule has 0 unspecified atom stereocenters. The fourth-order valence-corrected chi connectivity index (χ4v) is 2.41. The average Bonchev–Trinajstić information content (AvgIpc) is 3.01. The van der Waals surface area contributed by atoms with E-state index in [4.69, 9.17) is 25.8 Å². The van der Waals surface area contributed by atoms with Crippen LogP contribution in [0, 0.1) is 0 Å². The molecule has 28 heavy (non-hydrogen) atoms. The Balaban J connectivity index is 2.28. The minimum absolute atomic E-state index is 0.0496. The van der Waals surface area contributed by atoms with E-state index < -0.39 is 29.5 Å². The van der Waals surface area contributed by atoms with Crippen molar-refractivity contribution in [2.24, 2.45) is 10.9 Å². The monoisotopic (exact) mass is 406 g/mol. The maximum absolute atomic E-state index is 12.2. The molecule has 1 amide bonds. The van der Waals surface area contributed by atoms with Crippen LogP contribution in [0.25, 0.3) is 0 Å². The number of nitrogens with zero attached hydrogens (tertiary/aromatic N) is 2. The van der Waals surface area contributed by atoms with Gasteiger partial charge in [0.05, 0.1) is 5.56 Å². The van der Waals surface area contributed by atoms with Crippen molar-refractivity contribution in [2.75, 3.05) is 5.73 Å². The van der Waals surface area contributed by atoms with Crippen molar-refractivity contribution in [3.63, 3.8) is 0 Å². The average molecular weight is 406 g/mol. The first-order chi connectivity index (χ1) is 13.2. The van der Waals surface area contributed by atoms with Gasteiger partial charge in [-0.15, -0.1) is 11.3 Å². The van der Waals surface area contributed by atoms with Gasteiger partial charge in [-0.2, -0.15) is 0 Å². The van der Waals surface area contributed by atoms with Crippen LogP contribution in [0.4, 0.5) is 5.13 Å². The van der Waals surface area contributed by atoms with Crippen LogP contribution < -0.4 is 20.9 Å². The zero-order valence-electron chi connectivity index (χ0n) is 14.6. The Bertz CT molecular complexity index is 983. The molecule has 0 spiro atoms. The lowest BCUT2D eigenvalue weighted by Crippen LogP contribution is -2.25. The lowest BCUT2D eigenvalue weighted by Gasteiger charge is -2.09. The molecule has 0 saturated heterocycles. The van der Waals surface area contributed by atoms with Gasteiger partial charge in [0, 0.05) is 19.2 Å². The smallest absolute Gasteiger partial charge is 0.365 e. The predicted molar refractivity (Wildman–Crippen MR) is 96.7 cm³/mol. The topological polar surface area (TPSA) is 173 Å². The van der Waals surface area contributed by atoms with Crippen molar-refractivity contribution in [1.82, 2.24) is 4.98 Å². The van der Waals surface area contributed by atoms with Gasteiger partial charge < -0.3 is 25.8 Å². The Morgan fingerprint density at radius 1 is 1.07 bits per heavy atom. The summed E-state index contributed by atoms with van der Waals surface area (Å²) < 4.78 is 9.81. The molecule has 0 aliphatic carbocycles. The van der Waals surface area contributed by atoms with Gasteiger partial charge in [0.15, 0.2) is 22.3 Å². The number of hydrogen-bond donors (Lipinski definition) is 2. The largest absolute Gasteiger partial charge is 0.423 e. The molecule has 12 heteroatoms. The first-order valence-electron chi connectivity index (χ1n) is 7.48. The third-order valence-electron chi connectivity index (χ3n) is 2.90. The first kappa shape index (κ1) is 20.5. The maximum Gasteiger partial charge on any atom is 0.365 e. The third kappa shape index (κ3) is 5.35. The highest BCUT2D eigenvalue weighted by Crippen LogP contribution is 2.29. The molecule has 2 rings (SSSR count). The number of rotatable bonds is 6. The number of nitrogens with two attached hydrogens (primary N) is 2. The van der Waals surface area contributed by atoms with E-state index in [1.165, 1.54) is 17.5 Å². The van der Waals surface area contributed by atoms with Gasteiger partial charge in [-0.3, -0.25) is 14.4 Å². The number of thiazole rings is 1. The van der Waals surface area contributed by atoms with Crippen molar-refractivity contribution >= 4 is 46.0 Å². The molecule has 0 aliphatic rings. The number of ether oxygens (including phenoxy) is 2. The quantitative estimate of drug-likeness (QED) is 0.229. The molecular weight excluding hydrogens is 392 g/mol. The fourth-order valence-electron chi connectivity index (χ4n) is 1.86. The van der Waals surface area contributed by atoms with E-state index in [9.17, 15) is 19.2 Å². The van der Waals surface area contributed by atoms with Crippen LogP contribution in [-0.2, 0) is 19.2 Å². The first-order valence-corrected chi connectivity index (χ1v) is 8.36. The molecule has 1 heterocycles. The van der Waals surface area contributed by atoms with E-state index in [2.05, 4.69) is 10.1 Å². The van der Waals surface area contributed by atoms with Gasteiger partial charge in [0.25, 0.3) is 5.91 Å². The molecule has 4 N–H and O–H groups in total. The summed E-state index contributed by atoms with van der Waals surface area (Å²) in [4.78, 5) is 54.6. The van der Waals surface area contributed by atoms with Crippen LogP contribution in [0.2, 0.25) is 0 Å². The predicted octanol–water partition coefficient (Wildman–Crippen LogP) is 0.622. The number of aromatic nitrogens is 1. The molecule has 0 atom stereocenters. The van der Waals surface area contributed by atoms with E-state index in [1.54, 1.807) is 0 Å². The van der Waals surface area contributed by atoms with Crippen molar-refractivity contribution in [2.45, 2.75) is 13.8 Å². The van der Waals surface area contributed by atoms with Gasteiger partial charge >= 0.3 is 17.9 Å². The highest BCUT2D eigenvalue weighted by molar-refractivity contribution is 7.13. The molecule has 0 saturated carbocycles. The molecule has 1 aromatic heterocycles. The summed E-state index contributed by atoms with van der Waals surface area (Å²) in [6.07, 6.45) is 0. The minimum atomic E-state index is -0.996. The summed E-state index contributed by atoms with van der Waals surface area (Å²) in [6, 6.07) is 3.59. The number of hydrogen-bond acceptors (Lipinski definition) is 11. The van der Waals surface area contributed by atoms with Crippen LogP contribution in [0.1, 0.15) is 29.9 Å². The number of nitrogen functional groups attached to an aromatic ring is 1. The van der Waals surface area contributed by atoms with Crippen molar-refractivity contribution in [3.05, 3.63) is 34.8 Å². The molecular formula is C16H14N4O7S. The van der Waals surface area contributed by atoms with Crippen molar-refractivity contribution in [3.8, 4) is 11.5 Å². The summed E-state index contributed by atoms with van der Waals surface area (Å²) >= 11 is 1.04. The van der Waals surface area contributed by atoms with Gasteiger partial charge in [0.1, 0.15) is 5.69 Å². The number of oxime groups is 1. The standard InChI is InChI=1S/C16H14N4O7S/c1-7(21)25-11-4-3-9(5-12(11)26-8(2)22)15(24)27-20-13(14(17)23)10-6-28-16(18)19-10/h3-6H,1-2H3,(H2,17,23)(H2,18,19). The zero-order chi connectivity index (χ0) is 20.8. The van der Waals surface area contributed by atoms with Crippen LogP contribution in [0.15, 0.2) is 28.7 Å². The number of benzene rings is 1. The van der Waals surface area contributed by atoms with Crippen molar-refractivity contribution in [1.29, 1.82) is 0 Å². The number of anilines is 1. The van der Waals surface area contributed by atoms with E-state index in [-0.39, 0.29) is 27.9 Å². The molecule has 11 nitrogen and oxygen atoms in total. The van der Waals surface area contributed by atoms with Gasteiger partial charge in [-0.25, -0.2) is 9.78 Å². The highest BCUT2D eigenvalue weighted by atomic mass is 32.1. The lowest BCUT2D eigenvalue weighted by atomic mass is 10.2. The molecule has 2 aromatic rings. The Morgan fingerprint density at radius 2 is 1.71 bits per heavy atom. The zero-order valence-corrected chi connectivity index (χ0v) is 15.4. The van der Waals surface area contributed by atoms with Crippen molar-refractivity contribution < 1.29 is 33.5 Å². The number of carbonyl (C=O) groups is 4. The molecule has 0 aliphatic heterocycles. The second kappa shape index (κ2) is 8.73. The summed E-state index contributed by atoms with van der Waals surface area (Å²) in [5.74, 6) is -3.58. The van der Waals surface area contributed by atoms with Gasteiger partial charge in [-0.05, 0) is 18.2 Å². The minimum Gasteiger partial charge on any atom is -0.423 e. The SMILES string of the molecule is CC(=O)Oc1ccc(C(=O)ON=C(C(N)=O)c2csc(N)n2)cc1OC(C)=O. The fraction of sp³-hybridized carbons (Fsp3) is 0.125. The second-order valence-corrected chi connectivity index (χ2v) is 5.99. The number of esters is 2. The summed E-state index contributed by atoms with van der Waals surface area (Å²) in [6.45, 7) is 2.29. The Morgan fingerprint density at radius 3 is 2.25 bits per heavy atom.